The number of halogens is 3. The number of carbonyl (C=O) groups excluding carboxylic acids is 2. The van der Waals surface area contributed by atoms with Gasteiger partial charge in [0.05, 0.1) is 6.26 Å². The van der Waals surface area contributed by atoms with Crippen molar-refractivity contribution in [3.05, 3.63) is 57.9 Å². The standard InChI is InChI=1S/C21H26F3N3O4/c1-12(2)9-26(5)20(30)15-11-27(13(3)4)10-14(17(15)28)19(29)25-18(21(22,23)24)16-7-6-8-31-16/h6-8,10-13,18H,9H2,1-5H3,(H,25,29)/t18-/m0/s1. The highest BCUT2D eigenvalue weighted by atomic mass is 19.4. The molecule has 1 N–H and O–H groups in total. The summed E-state index contributed by atoms with van der Waals surface area (Å²) >= 11 is 0. The molecule has 0 aliphatic heterocycles. The second kappa shape index (κ2) is 9.40. The molecule has 2 rings (SSSR count). The van der Waals surface area contributed by atoms with Gasteiger partial charge >= 0.3 is 6.18 Å². The number of aromatic nitrogens is 1. The Morgan fingerprint density at radius 2 is 1.77 bits per heavy atom. The molecular weight excluding hydrogens is 415 g/mol. The number of pyridine rings is 1. The Morgan fingerprint density at radius 1 is 1.16 bits per heavy atom. The van der Waals surface area contributed by atoms with Crippen molar-refractivity contribution in [3.8, 4) is 0 Å². The van der Waals surface area contributed by atoms with Crippen LogP contribution in [0.2, 0.25) is 0 Å². The summed E-state index contributed by atoms with van der Waals surface area (Å²) in [4.78, 5) is 39.8. The van der Waals surface area contributed by atoms with Gasteiger partial charge in [-0.05, 0) is 31.9 Å². The monoisotopic (exact) mass is 441 g/mol. The third-order valence-corrected chi connectivity index (χ3v) is 4.53. The first-order chi connectivity index (χ1) is 14.3. The van der Waals surface area contributed by atoms with Crippen LogP contribution in [0.15, 0.2) is 40.0 Å². The molecule has 1 atom stereocenters. The average molecular weight is 441 g/mol. The van der Waals surface area contributed by atoms with Gasteiger partial charge in [0.2, 0.25) is 5.43 Å². The van der Waals surface area contributed by atoms with E-state index in [0.717, 1.165) is 18.5 Å². The molecule has 0 saturated carbocycles. The van der Waals surface area contributed by atoms with Crippen LogP contribution >= 0.6 is 0 Å². The first-order valence-electron chi connectivity index (χ1n) is 9.75. The van der Waals surface area contributed by atoms with E-state index in [-0.39, 0.29) is 17.5 Å². The van der Waals surface area contributed by atoms with E-state index in [4.69, 9.17) is 4.42 Å². The quantitative estimate of drug-likeness (QED) is 0.709. The van der Waals surface area contributed by atoms with Gasteiger partial charge in [-0.25, -0.2) is 0 Å². The number of rotatable bonds is 7. The molecule has 2 aromatic rings. The molecular formula is C21H26F3N3O4. The number of carbonyl (C=O) groups is 2. The highest BCUT2D eigenvalue weighted by Crippen LogP contribution is 2.33. The summed E-state index contributed by atoms with van der Waals surface area (Å²) in [6.07, 6.45) is -1.33. The Labute approximate surface area is 177 Å². The van der Waals surface area contributed by atoms with E-state index < -0.39 is 40.8 Å². The van der Waals surface area contributed by atoms with Crippen LogP contribution in [0.4, 0.5) is 13.2 Å². The van der Waals surface area contributed by atoms with Crippen LogP contribution in [0.1, 0.15) is 66.3 Å². The predicted molar refractivity (Wildman–Crippen MR) is 108 cm³/mol. The molecule has 2 amide bonds. The maximum absolute atomic E-state index is 13.5. The van der Waals surface area contributed by atoms with Crippen LogP contribution in [0.5, 0.6) is 0 Å². The Balaban J connectivity index is 2.49. The fourth-order valence-electron chi connectivity index (χ4n) is 3.02. The molecule has 0 unspecified atom stereocenters. The van der Waals surface area contributed by atoms with Gasteiger partial charge < -0.3 is 19.2 Å². The zero-order chi connectivity index (χ0) is 23.5. The highest BCUT2D eigenvalue weighted by Gasteiger charge is 2.44. The van der Waals surface area contributed by atoms with E-state index in [1.54, 1.807) is 13.8 Å². The minimum atomic E-state index is -4.85. The fourth-order valence-corrected chi connectivity index (χ4v) is 3.02. The zero-order valence-electron chi connectivity index (χ0n) is 18.0. The molecule has 0 spiro atoms. The van der Waals surface area contributed by atoms with Crippen LogP contribution in [0.25, 0.3) is 0 Å². The van der Waals surface area contributed by atoms with E-state index in [1.807, 2.05) is 19.2 Å². The Hall–Kier alpha value is -3.04. The first kappa shape index (κ1) is 24.2. The number of alkyl halides is 3. The van der Waals surface area contributed by atoms with Crippen LogP contribution in [0, 0.1) is 5.92 Å². The number of hydrogen-bond donors (Lipinski definition) is 1. The van der Waals surface area contributed by atoms with E-state index >= 15 is 0 Å². The molecule has 0 aliphatic rings. The highest BCUT2D eigenvalue weighted by molar-refractivity contribution is 5.99. The third kappa shape index (κ3) is 5.77. The van der Waals surface area contributed by atoms with Crippen LogP contribution in [-0.2, 0) is 0 Å². The number of nitrogens with one attached hydrogen (secondary N) is 1. The van der Waals surface area contributed by atoms with Crippen molar-refractivity contribution >= 4 is 11.8 Å². The molecule has 170 valence electrons. The largest absolute Gasteiger partial charge is 0.467 e. The van der Waals surface area contributed by atoms with Gasteiger partial charge in [-0.3, -0.25) is 14.4 Å². The summed E-state index contributed by atoms with van der Waals surface area (Å²) in [7, 11) is 1.52. The lowest BCUT2D eigenvalue weighted by molar-refractivity contribution is -0.159. The van der Waals surface area contributed by atoms with Gasteiger partial charge in [-0.2, -0.15) is 13.2 Å². The summed E-state index contributed by atoms with van der Waals surface area (Å²) in [6, 6.07) is -0.357. The van der Waals surface area contributed by atoms with Gasteiger partial charge in [0.15, 0.2) is 6.04 Å². The molecule has 0 aromatic carbocycles. The van der Waals surface area contributed by atoms with E-state index in [2.05, 4.69) is 0 Å². The molecule has 0 saturated heterocycles. The predicted octanol–water partition coefficient (Wildman–Crippen LogP) is 3.78. The zero-order valence-corrected chi connectivity index (χ0v) is 18.0. The minimum Gasteiger partial charge on any atom is -0.467 e. The van der Waals surface area contributed by atoms with Crippen molar-refractivity contribution in [2.75, 3.05) is 13.6 Å². The lowest BCUT2D eigenvalue weighted by Gasteiger charge is -2.22. The topological polar surface area (TPSA) is 84.6 Å². The van der Waals surface area contributed by atoms with E-state index in [9.17, 15) is 27.6 Å². The number of nitrogens with zero attached hydrogens (tertiary/aromatic N) is 2. The van der Waals surface area contributed by atoms with Crippen LogP contribution in [-0.4, -0.2) is 41.1 Å². The number of hydrogen-bond acceptors (Lipinski definition) is 4. The third-order valence-electron chi connectivity index (χ3n) is 4.53. The SMILES string of the molecule is CC(C)CN(C)C(=O)c1cn(C(C)C)cc(C(=O)N[C@@H](c2ccco2)C(F)(F)F)c1=O. The Morgan fingerprint density at radius 3 is 2.26 bits per heavy atom. The van der Waals surface area contributed by atoms with Crippen molar-refractivity contribution < 1.29 is 27.2 Å². The molecule has 7 nitrogen and oxygen atoms in total. The Bertz CT molecular complexity index is 979. The van der Waals surface area contributed by atoms with E-state index in [0.29, 0.717) is 6.54 Å². The molecule has 0 bridgehead atoms. The van der Waals surface area contributed by atoms with Gasteiger partial charge in [-0.1, -0.05) is 13.8 Å². The van der Waals surface area contributed by atoms with Crippen molar-refractivity contribution in [1.29, 1.82) is 0 Å². The van der Waals surface area contributed by atoms with Crippen molar-refractivity contribution in [3.63, 3.8) is 0 Å². The van der Waals surface area contributed by atoms with Gasteiger partial charge in [-0.15, -0.1) is 0 Å². The number of amides is 2. The maximum atomic E-state index is 13.5. The molecule has 2 aromatic heterocycles. The molecule has 10 heteroatoms. The molecule has 0 aliphatic carbocycles. The van der Waals surface area contributed by atoms with Gasteiger partial charge in [0.1, 0.15) is 16.9 Å². The molecule has 0 fully saturated rings. The molecule has 31 heavy (non-hydrogen) atoms. The van der Waals surface area contributed by atoms with Gasteiger partial charge in [0, 0.05) is 32.0 Å². The lowest BCUT2D eigenvalue weighted by atomic mass is 10.1. The van der Waals surface area contributed by atoms with Crippen LogP contribution in [0.3, 0.4) is 0 Å². The summed E-state index contributed by atoms with van der Waals surface area (Å²) in [5.41, 5.74) is -1.78. The van der Waals surface area contributed by atoms with Crippen molar-refractivity contribution in [2.24, 2.45) is 5.92 Å². The smallest absolute Gasteiger partial charge is 0.415 e. The fraction of sp³-hybridized carbons (Fsp3) is 0.476. The van der Waals surface area contributed by atoms with Gasteiger partial charge in [0.25, 0.3) is 11.8 Å². The maximum Gasteiger partial charge on any atom is 0.415 e. The normalized spacial score (nSPS) is 12.8. The van der Waals surface area contributed by atoms with Crippen molar-refractivity contribution in [1.82, 2.24) is 14.8 Å². The summed E-state index contributed by atoms with van der Waals surface area (Å²) < 4.78 is 46.7. The molecule has 0 radical (unpaired) electrons. The summed E-state index contributed by atoms with van der Waals surface area (Å²) in [6.45, 7) is 7.65. The lowest BCUT2D eigenvalue weighted by Crippen LogP contribution is -2.41. The summed E-state index contributed by atoms with van der Waals surface area (Å²) in [5, 5.41) is 1.81. The Kier molecular flexibility index (Phi) is 7.35. The number of furan rings is 1. The van der Waals surface area contributed by atoms with Crippen LogP contribution < -0.4 is 10.7 Å². The first-order valence-corrected chi connectivity index (χ1v) is 9.75. The summed E-state index contributed by atoms with van der Waals surface area (Å²) in [5.74, 6) is -2.25. The average Bonchev–Trinajstić information content (AvgIpc) is 3.17. The minimum absolute atomic E-state index is 0.133. The van der Waals surface area contributed by atoms with E-state index in [1.165, 1.54) is 28.8 Å². The second-order valence-corrected chi connectivity index (χ2v) is 8.00. The molecule has 2 heterocycles. The van der Waals surface area contributed by atoms with Crippen molar-refractivity contribution in [2.45, 2.75) is 46.0 Å². The second-order valence-electron chi connectivity index (χ2n) is 8.00.